The molecule has 4 amide bonds. The third-order valence-electron chi connectivity index (χ3n) is 10.6. The molecule has 0 spiro atoms. The van der Waals surface area contributed by atoms with Crippen molar-refractivity contribution in [3.05, 3.63) is 42.4 Å². The first-order valence-electron chi connectivity index (χ1n) is 19.1. The van der Waals surface area contributed by atoms with Crippen molar-refractivity contribution in [2.75, 3.05) is 13.2 Å². The van der Waals surface area contributed by atoms with E-state index in [1.54, 1.807) is 39.8 Å². The molecule has 3 heterocycles. The second-order valence-electron chi connectivity index (χ2n) is 16.4. The van der Waals surface area contributed by atoms with Crippen molar-refractivity contribution in [2.24, 2.45) is 17.8 Å². The molecule has 7 atom stereocenters. The number of hydrogen-bond acceptors (Lipinski definition) is 10. The molecule has 14 nitrogen and oxygen atoms in total. The topological polar surface area (TPSA) is 182 Å². The molecule has 2 saturated carbocycles. The van der Waals surface area contributed by atoms with Crippen LogP contribution in [0.4, 0.5) is 9.18 Å². The van der Waals surface area contributed by atoms with Gasteiger partial charge in [0.1, 0.15) is 29.3 Å². The van der Waals surface area contributed by atoms with Crippen LogP contribution in [0.5, 0.6) is 11.6 Å². The molecule has 3 fully saturated rings. The van der Waals surface area contributed by atoms with Gasteiger partial charge in [-0.3, -0.25) is 19.1 Å². The van der Waals surface area contributed by atoms with Crippen molar-refractivity contribution < 1.29 is 46.2 Å². The number of nitrogens with zero attached hydrogens (tertiary/aromatic N) is 2. The molecule has 0 radical (unpaired) electrons. The van der Waals surface area contributed by atoms with Gasteiger partial charge in [0.2, 0.25) is 27.7 Å². The Kier molecular flexibility index (Phi) is 11.4. The van der Waals surface area contributed by atoms with Crippen molar-refractivity contribution in [1.29, 1.82) is 0 Å². The van der Waals surface area contributed by atoms with Crippen molar-refractivity contribution >= 4 is 44.6 Å². The van der Waals surface area contributed by atoms with Gasteiger partial charge in [0.05, 0.1) is 18.4 Å². The van der Waals surface area contributed by atoms with E-state index in [1.165, 1.54) is 17.2 Å². The molecule has 6 rings (SSSR count). The number of ether oxygens (including phenoxy) is 3. The van der Waals surface area contributed by atoms with Gasteiger partial charge in [0.15, 0.2) is 11.6 Å². The van der Waals surface area contributed by atoms with Crippen molar-refractivity contribution in [3.8, 4) is 11.6 Å². The molecule has 1 saturated heterocycles. The van der Waals surface area contributed by atoms with Gasteiger partial charge in [0.25, 0.3) is 5.91 Å². The van der Waals surface area contributed by atoms with Crippen LogP contribution >= 0.6 is 0 Å². The minimum absolute atomic E-state index is 0.0440. The van der Waals surface area contributed by atoms with E-state index in [1.807, 2.05) is 19.1 Å². The van der Waals surface area contributed by atoms with Crippen LogP contribution in [0.1, 0.15) is 86.5 Å². The number of alkyl carbamates (subject to hydrolysis) is 1. The number of aromatic nitrogens is 1. The normalized spacial score (nSPS) is 29.5. The highest BCUT2D eigenvalue weighted by atomic mass is 32.2. The SMILES string of the molecule is CCOc1cc2ccnc(O[C@@H]3C[C@H]4C(=O)N[C@]5(C(=O)NS(=O)(=O)C6CC6)CC5/C=C\CC[C@H](C)C[C@@H](C)[C@H](NC(=O)OC(C)(C)C)C(=O)N4C3)c2cc1F. The largest absolute Gasteiger partial charge is 0.491 e. The Morgan fingerprint density at radius 1 is 1.13 bits per heavy atom. The van der Waals surface area contributed by atoms with Gasteiger partial charge in [-0.25, -0.2) is 22.6 Å². The Bertz CT molecular complexity index is 1970. The summed E-state index contributed by atoms with van der Waals surface area (Å²) in [5.74, 6) is -3.24. The van der Waals surface area contributed by atoms with Crippen LogP contribution in [0, 0.1) is 23.6 Å². The number of fused-ring (bicyclic) bond motifs is 3. The molecule has 1 unspecified atom stereocenters. The maximum absolute atomic E-state index is 15.0. The van der Waals surface area contributed by atoms with E-state index in [0.717, 1.165) is 6.42 Å². The summed E-state index contributed by atoms with van der Waals surface area (Å²) < 4.78 is 60.3. The summed E-state index contributed by atoms with van der Waals surface area (Å²) in [5.41, 5.74) is -2.40. The fraction of sp³-hybridized carbons (Fsp3) is 0.615. The lowest BCUT2D eigenvalue weighted by molar-refractivity contribution is -0.142. The van der Waals surface area contributed by atoms with Gasteiger partial charge in [0, 0.05) is 23.9 Å². The van der Waals surface area contributed by atoms with Crippen LogP contribution in [0.3, 0.4) is 0 Å². The van der Waals surface area contributed by atoms with E-state index < -0.39 is 80.2 Å². The fourth-order valence-corrected chi connectivity index (χ4v) is 8.96. The molecule has 0 bridgehead atoms. The first kappa shape index (κ1) is 40.2. The molecule has 3 N–H and O–H groups in total. The van der Waals surface area contributed by atoms with Gasteiger partial charge in [-0.05, 0) is 102 Å². The first-order chi connectivity index (χ1) is 25.9. The maximum Gasteiger partial charge on any atom is 0.408 e. The van der Waals surface area contributed by atoms with Crippen LogP contribution in [-0.4, -0.2) is 89.8 Å². The zero-order valence-corrected chi connectivity index (χ0v) is 33.0. The number of rotatable bonds is 8. The number of carbonyl (C=O) groups excluding carboxylic acids is 4. The summed E-state index contributed by atoms with van der Waals surface area (Å²) >= 11 is 0. The van der Waals surface area contributed by atoms with Crippen molar-refractivity contribution in [2.45, 2.75) is 121 Å². The number of nitrogens with one attached hydrogen (secondary N) is 3. The summed E-state index contributed by atoms with van der Waals surface area (Å²) in [5, 5.41) is 5.93. The minimum atomic E-state index is -3.93. The highest BCUT2D eigenvalue weighted by Gasteiger charge is 2.62. The third kappa shape index (κ3) is 9.16. The first-order valence-corrected chi connectivity index (χ1v) is 20.7. The molecule has 1 aromatic heterocycles. The summed E-state index contributed by atoms with van der Waals surface area (Å²) in [4.78, 5) is 61.8. The molecule has 16 heteroatoms. The van der Waals surface area contributed by atoms with E-state index in [0.29, 0.717) is 36.5 Å². The highest BCUT2D eigenvalue weighted by Crippen LogP contribution is 2.46. The Hall–Kier alpha value is -4.47. The average Bonchev–Trinajstić information content (AvgIpc) is 4.02. The van der Waals surface area contributed by atoms with Gasteiger partial charge in [-0.1, -0.05) is 26.0 Å². The van der Waals surface area contributed by atoms with E-state index in [4.69, 9.17) is 14.2 Å². The lowest BCUT2D eigenvalue weighted by atomic mass is 9.88. The number of halogens is 1. The number of sulfonamides is 1. The predicted molar refractivity (Wildman–Crippen MR) is 201 cm³/mol. The van der Waals surface area contributed by atoms with E-state index in [9.17, 15) is 27.6 Å². The lowest BCUT2D eigenvalue weighted by Gasteiger charge is -2.33. The van der Waals surface area contributed by atoms with Gasteiger partial charge in [-0.2, -0.15) is 0 Å². The van der Waals surface area contributed by atoms with E-state index in [2.05, 4.69) is 27.3 Å². The Balaban J connectivity index is 1.35. The molecular formula is C39H52FN5O9S. The fourth-order valence-electron chi connectivity index (χ4n) is 7.60. The highest BCUT2D eigenvalue weighted by molar-refractivity contribution is 7.91. The molecule has 2 aliphatic heterocycles. The monoisotopic (exact) mass is 785 g/mol. The number of pyridine rings is 1. The summed E-state index contributed by atoms with van der Waals surface area (Å²) in [6.07, 6.45) is 6.67. The Morgan fingerprint density at radius 3 is 2.56 bits per heavy atom. The minimum Gasteiger partial charge on any atom is -0.491 e. The number of hydrogen-bond donors (Lipinski definition) is 3. The van der Waals surface area contributed by atoms with Crippen LogP contribution in [0.15, 0.2) is 36.5 Å². The number of benzene rings is 1. The number of amides is 4. The maximum atomic E-state index is 15.0. The zero-order valence-electron chi connectivity index (χ0n) is 32.2. The summed E-state index contributed by atoms with van der Waals surface area (Å²) in [7, 11) is -3.93. The van der Waals surface area contributed by atoms with Crippen molar-refractivity contribution in [1.82, 2.24) is 25.2 Å². The van der Waals surface area contributed by atoms with Crippen LogP contribution in [0.2, 0.25) is 0 Å². The predicted octanol–water partition coefficient (Wildman–Crippen LogP) is 4.51. The second kappa shape index (κ2) is 15.6. The standard InChI is InChI=1S/C39H52FN5O9S/c1-7-52-31-17-24-14-15-41-34(28(24)19-29(31)40)53-26-18-30-33(46)43-39(36(48)44-55(50,51)27-12-13-27)20-25(39)11-9-8-10-22(2)16-23(3)32(35(47)45(30)21-26)42-37(49)54-38(4,5)6/h9,11,14-15,17,19,22-23,25-27,30,32H,7-8,10,12-13,16,18,20-21H2,1-6H3,(H,42,49)(H,43,46)(H,44,48)/b11-9-/t22-,23+,25?,26+,30-,32-,39+/m0/s1. The summed E-state index contributed by atoms with van der Waals surface area (Å²) in [6.45, 7) is 11.0. The molecule has 2 aromatic rings. The van der Waals surface area contributed by atoms with Crippen LogP contribution in [0.25, 0.3) is 10.8 Å². The van der Waals surface area contributed by atoms with Crippen molar-refractivity contribution in [3.63, 3.8) is 0 Å². The van der Waals surface area contributed by atoms with E-state index in [-0.39, 0.29) is 49.5 Å². The molecular weight excluding hydrogens is 734 g/mol. The van der Waals surface area contributed by atoms with Gasteiger partial charge >= 0.3 is 6.09 Å². The molecule has 4 aliphatic rings. The Morgan fingerprint density at radius 2 is 1.87 bits per heavy atom. The number of carbonyl (C=O) groups is 4. The van der Waals surface area contributed by atoms with Crippen LogP contribution < -0.4 is 24.8 Å². The molecule has 1 aromatic carbocycles. The van der Waals surface area contributed by atoms with Gasteiger partial charge < -0.3 is 29.7 Å². The quantitative estimate of drug-likeness (QED) is 0.322. The average molecular weight is 786 g/mol. The number of allylic oxidation sites excluding steroid dienone is 1. The molecule has 300 valence electrons. The lowest BCUT2D eigenvalue weighted by Crippen LogP contribution is -2.59. The second-order valence-corrected chi connectivity index (χ2v) is 18.4. The van der Waals surface area contributed by atoms with Crippen LogP contribution in [-0.2, 0) is 29.1 Å². The third-order valence-corrected chi connectivity index (χ3v) is 12.5. The van der Waals surface area contributed by atoms with E-state index >= 15 is 4.39 Å². The zero-order chi connectivity index (χ0) is 39.9. The smallest absolute Gasteiger partial charge is 0.408 e. The Labute approximate surface area is 321 Å². The molecule has 55 heavy (non-hydrogen) atoms. The molecule has 2 aliphatic carbocycles. The summed E-state index contributed by atoms with van der Waals surface area (Å²) in [6, 6.07) is 2.20. The van der Waals surface area contributed by atoms with Gasteiger partial charge in [-0.15, -0.1) is 0 Å².